The van der Waals surface area contributed by atoms with Crippen molar-refractivity contribution in [2.75, 3.05) is 39.4 Å². The van der Waals surface area contributed by atoms with Crippen LogP contribution >= 0.6 is 15.9 Å². The maximum atomic E-state index is 13.0. The Balaban J connectivity index is 1.49. The largest absolute Gasteiger partial charge is 0.490 e. The summed E-state index contributed by atoms with van der Waals surface area (Å²) in [5.41, 5.74) is 0.546. The first-order chi connectivity index (χ1) is 15.0. The van der Waals surface area contributed by atoms with E-state index in [-0.39, 0.29) is 23.8 Å². The smallest absolute Gasteiger partial charge is 0.272 e. The average Bonchev–Trinajstić information content (AvgIpc) is 3.21. The second kappa shape index (κ2) is 9.82. The SMILES string of the molecule is Cn1nccc1C(=O)N1CC[C@H](Oc2cccc(Br)c2)[C@@H](CC(=O)N2CCOCC2)C1. The van der Waals surface area contributed by atoms with Crippen LogP contribution in [-0.2, 0) is 16.6 Å². The monoisotopic (exact) mass is 490 g/mol. The van der Waals surface area contributed by atoms with Gasteiger partial charge in [-0.15, -0.1) is 0 Å². The van der Waals surface area contributed by atoms with Gasteiger partial charge in [-0.2, -0.15) is 5.10 Å². The van der Waals surface area contributed by atoms with Crippen LogP contribution in [-0.4, -0.2) is 76.9 Å². The molecule has 1 aromatic carbocycles. The topological polar surface area (TPSA) is 76.9 Å². The third kappa shape index (κ3) is 5.27. The van der Waals surface area contributed by atoms with E-state index in [1.54, 1.807) is 24.0 Å². The van der Waals surface area contributed by atoms with Gasteiger partial charge in [-0.05, 0) is 24.3 Å². The molecule has 2 saturated heterocycles. The number of hydrogen-bond donors (Lipinski definition) is 0. The zero-order valence-electron chi connectivity index (χ0n) is 17.6. The van der Waals surface area contributed by atoms with Gasteiger partial charge < -0.3 is 19.3 Å². The Kier molecular flexibility index (Phi) is 6.92. The minimum atomic E-state index is -0.144. The van der Waals surface area contributed by atoms with Gasteiger partial charge in [-0.25, -0.2) is 0 Å². The van der Waals surface area contributed by atoms with Crippen molar-refractivity contribution in [3.05, 3.63) is 46.7 Å². The second-order valence-corrected chi connectivity index (χ2v) is 8.87. The van der Waals surface area contributed by atoms with E-state index in [4.69, 9.17) is 9.47 Å². The zero-order chi connectivity index (χ0) is 21.8. The number of morpholine rings is 1. The van der Waals surface area contributed by atoms with E-state index in [2.05, 4.69) is 21.0 Å². The molecule has 2 aliphatic heterocycles. The third-order valence-corrected chi connectivity index (χ3v) is 6.37. The number of hydrogen-bond acceptors (Lipinski definition) is 5. The van der Waals surface area contributed by atoms with E-state index in [0.717, 1.165) is 10.2 Å². The standard InChI is InChI=1S/C22H27BrN4O4/c1-25-19(5-7-24-25)22(29)27-8-6-20(31-18-4-2-3-17(23)14-18)16(15-27)13-21(28)26-9-11-30-12-10-26/h2-5,7,14,16,20H,6,8-13,15H2,1H3/t16-,20-/m0/s1. The molecule has 3 heterocycles. The summed E-state index contributed by atoms with van der Waals surface area (Å²) >= 11 is 3.48. The van der Waals surface area contributed by atoms with Crippen LogP contribution < -0.4 is 4.74 Å². The molecule has 166 valence electrons. The fourth-order valence-electron chi connectivity index (χ4n) is 4.17. The predicted octanol–water partition coefficient (Wildman–Crippen LogP) is 2.34. The summed E-state index contributed by atoms with van der Waals surface area (Å²) in [4.78, 5) is 29.7. The summed E-state index contributed by atoms with van der Waals surface area (Å²) in [7, 11) is 1.76. The molecule has 9 heteroatoms. The van der Waals surface area contributed by atoms with Crippen molar-refractivity contribution >= 4 is 27.7 Å². The Labute approximate surface area is 190 Å². The number of piperidine rings is 1. The average molecular weight is 491 g/mol. The molecule has 0 unspecified atom stereocenters. The van der Waals surface area contributed by atoms with Crippen molar-refractivity contribution in [3.63, 3.8) is 0 Å². The van der Waals surface area contributed by atoms with E-state index in [1.165, 1.54) is 0 Å². The minimum absolute atomic E-state index is 0.0651. The molecule has 0 saturated carbocycles. The van der Waals surface area contributed by atoms with Gasteiger partial charge in [0.05, 0.1) is 13.2 Å². The molecule has 0 radical (unpaired) electrons. The van der Waals surface area contributed by atoms with Gasteiger partial charge in [-0.1, -0.05) is 22.0 Å². The highest BCUT2D eigenvalue weighted by molar-refractivity contribution is 9.10. The number of ether oxygens (including phenoxy) is 2. The Morgan fingerprint density at radius 2 is 2.00 bits per heavy atom. The lowest BCUT2D eigenvalue weighted by Gasteiger charge is -2.39. The van der Waals surface area contributed by atoms with E-state index < -0.39 is 0 Å². The van der Waals surface area contributed by atoms with Crippen LogP contribution in [0.15, 0.2) is 41.0 Å². The number of rotatable bonds is 5. The highest BCUT2D eigenvalue weighted by atomic mass is 79.9. The Hall–Kier alpha value is -2.39. The highest BCUT2D eigenvalue weighted by Gasteiger charge is 2.36. The molecule has 31 heavy (non-hydrogen) atoms. The first-order valence-electron chi connectivity index (χ1n) is 10.6. The van der Waals surface area contributed by atoms with Gasteiger partial charge in [0.15, 0.2) is 0 Å². The third-order valence-electron chi connectivity index (χ3n) is 5.88. The number of nitrogens with zero attached hydrogens (tertiary/aromatic N) is 4. The van der Waals surface area contributed by atoms with Crippen molar-refractivity contribution in [1.82, 2.24) is 19.6 Å². The van der Waals surface area contributed by atoms with E-state index in [9.17, 15) is 9.59 Å². The van der Waals surface area contributed by atoms with Crippen molar-refractivity contribution in [2.24, 2.45) is 13.0 Å². The van der Waals surface area contributed by atoms with Gasteiger partial charge in [0.2, 0.25) is 5.91 Å². The van der Waals surface area contributed by atoms with Crippen LogP contribution in [0.1, 0.15) is 23.3 Å². The lowest BCUT2D eigenvalue weighted by atomic mass is 9.90. The number of aryl methyl sites for hydroxylation is 1. The molecular formula is C22H27BrN4O4. The maximum Gasteiger partial charge on any atom is 0.272 e. The molecule has 2 aromatic rings. The zero-order valence-corrected chi connectivity index (χ0v) is 19.2. The first kappa shape index (κ1) is 21.8. The molecule has 0 bridgehead atoms. The van der Waals surface area contributed by atoms with Crippen LogP contribution in [0.4, 0.5) is 0 Å². The van der Waals surface area contributed by atoms with Crippen molar-refractivity contribution in [3.8, 4) is 5.75 Å². The van der Waals surface area contributed by atoms with E-state index in [0.29, 0.717) is 57.9 Å². The molecule has 2 fully saturated rings. The quantitative estimate of drug-likeness (QED) is 0.642. The van der Waals surface area contributed by atoms with Gasteiger partial charge in [0.25, 0.3) is 5.91 Å². The fourth-order valence-corrected chi connectivity index (χ4v) is 4.55. The predicted molar refractivity (Wildman–Crippen MR) is 118 cm³/mol. The molecule has 0 spiro atoms. The number of aromatic nitrogens is 2. The molecular weight excluding hydrogens is 464 g/mol. The van der Waals surface area contributed by atoms with Crippen molar-refractivity contribution < 1.29 is 19.1 Å². The van der Waals surface area contributed by atoms with Gasteiger partial charge >= 0.3 is 0 Å². The van der Waals surface area contributed by atoms with Crippen molar-refractivity contribution in [1.29, 1.82) is 0 Å². The van der Waals surface area contributed by atoms with Crippen LogP contribution in [0, 0.1) is 5.92 Å². The summed E-state index contributed by atoms with van der Waals surface area (Å²) in [5.74, 6) is 0.686. The molecule has 0 aliphatic carbocycles. The number of likely N-dealkylation sites (tertiary alicyclic amines) is 1. The molecule has 4 rings (SSSR count). The van der Waals surface area contributed by atoms with Gasteiger partial charge in [0.1, 0.15) is 17.5 Å². The first-order valence-corrected chi connectivity index (χ1v) is 11.4. The highest BCUT2D eigenvalue weighted by Crippen LogP contribution is 2.28. The fraction of sp³-hybridized carbons (Fsp3) is 0.500. The molecule has 2 amide bonds. The number of benzene rings is 1. The van der Waals surface area contributed by atoms with Crippen molar-refractivity contribution in [2.45, 2.75) is 18.9 Å². The van der Waals surface area contributed by atoms with Crippen LogP contribution in [0.5, 0.6) is 5.75 Å². The molecule has 8 nitrogen and oxygen atoms in total. The summed E-state index contributed by atoms with van der Waals surface area (Å²) < 4.78 is 14.2. The minimum Gasteiger partial charge on any atom is -0.490 e. The lowest BCUT2D eigenvalue weighted by molar-refractivity contribution is -0.137. The van der Waals surface area contributed by atoms with Crippen LogP contribution in [0.25, 0.3) is 0 Å². The number of amides is 2. The summed E-state index contributed by atoms with van der Waals surface area (Å²) in [5, 5.41) is 4.11. The van der Waals surface area contributed by atoms with E-state index >= 15 is 0 Å². The second-order valence-electron chi connectivity index (χ2n) is 7.95. The van der Waals surface area contributed by atoms with Gasteiger partial charge in [-0.3, -0.25) is 14.3 Å². The Morgan fingerprint density at radius 3 is 2.71 bits per heavy atom. The Bertz CT molecular complexity index is 928. The molecule has 1 aromatic heterocycles. The maximum absolute atomic E-state index is 13.0. The summed E-state index contributed by atoms with van der Waals surface area (Å²) in [6, 6.07) is 9.43. The van der Waals surface area contributed by atoms with Gasteiger partial charge in [0, 0.05) is 62.7 Å². The Morgan fingerprint density at radius 1 is 1.19 bits per heavy atom. The summed E-state index contributed by atoms with van der Waals surface area (Å²) in [6.07, 6.45) is 2.48. The number of halogens is 1. The number of carbonyl (C=O) groups excluding carboxylic acids is 2. The molecule has 0 N–H and O–H groups in total. The summed E-state index contributed by atoms with van der Waals surface area (Å²) in [6.45, 7) is 3.41. The van der Waals surface area contributed by atoms with E-state index in [1.807, 2.05) is 34.1 Å². The normalized spacial score (nSPS) is 21.7. The lowest BCUT2D eigenvalue weighted by Crippen LogP contribution is -2.50. The van der Waals surface area contributed by atoms with Crippen LogP contribution in [0.2, 0.25) is 0 Å². The van der Waals surface area contributed by atoms with Crippen LogP contribution in [0.3, 0.4) is 0 Å². The molecule has 2 atom stereocenters. The molecule has 2 aliphatic rings. The number of carbonyl (C=O) groups is 2.